The van der Waals surface area contributed by atoms with E-state index in [1.165, 1.54) is 20.2 Å². The molecule has 0 unspecified atom stereocenters. The first kappa shape index (κ1) is 18.0. The molecule has 0 radical (unpaired) electrons. The summed E-state index contributed by atoms with van der Waals surface area (Å²) in [4.78, 5) is 15.3. The molecule has 1 aromatic rings. The number of benzene rings is 1. The number of piperazine rings is 1. The number of halogens is 1. The number of carbonyl (C=O) groups is 1. The molecule has 1 saturated heterocycles. The first-order valence-corrected chi connectivity index (χ1v) is 8.89. The van der Waals surface area contributed by atoms with Gasteiger partial charge in [0.1, 0.15) is 4.90 Å². The number of likely N-dealkylation sites (N-methyl/N-ethyl adjacent to an activating group) is 1. The first-order valence-electron chi connectivity index (χ1n) is 7.07. The van der Waals surface area contributed by atoms with E-state index in [2.05, 4.69) is 4.90 Å². The minimum absolute atomic E-state index is 0.0316. The fraction of sp³-hybridized carbons (Fsp3) is 0.500. The number of aromatic carboxylic acids is 1. The highest BCUT2D eigenvalue weighted by atomic mass is 35.5. The number of anilines is 1. The monoisotopic (exact) mass is 361 g/mol. The van der Waals surface area contributed by atoms with Crippen LogP contribution in [-0.2, 0) is 10.0 Å². The van der Waals surface area contributed by atoms with Gasteiger partial charge in [0.15, 0.2) is 0 Å². The van der Waals surface area contributed by atoms with Gasteiger partial charge in [0, 0.05) is 40.3 Å². The molecule has 1 N–H and O–H groups in total. The third-order valence-electron chi connectivity index (χ3n) is 3.88. The van der Waals surface area contributed by atoms with Crippen molar-refractivity contribution in [2.24, 2.45) is 0 Å². The molecule has 2 rings (SSSR count). The van der Waals surface area contributed by atoms with Crippen LogP contribution in [0.25, 0.3) is 0 Å². The molecular formula is C14H20ClN3O4S. The molecule has 1 aliphatic rings. The maximum Gasteiger partial charge on any atom is 0.337 e. The van der Waals surface area contributed by atoms with E-state index in [1.807, 2.05) is 11.9 Å². The number of hydrogen-bond acceptors (Lipinski definition) is 5. The normalized spacial score (nSPS) is 16.8. The average Bonchev–Trinajstić information content (AvgIpc) is 2.46. The number of carboxylic acid groups (broad SMARTS) is 1. The minimum atomic E-state index is -3.79. The van der Waals surface area contributed by atoms with Crippen LogP contribution >= 0.6 is 11.6 Å². The summed E-state index contributed by atoms with van der Waals surface area (Å²) in [6, 6.07) is 2.58. The minimum Gasteiger partial charge on any atom is -0.478 e. The second-order valence-corrected chi connectivity index (χ2v) is 8.21. The SMILES string of the molecule is CN1CCN(c2cc(Cl)c(C(=O)O)cc2S(=O)(=O)N(C)C)CC1. The Kier molecular flexibility index (Phi) is 5.20. The zero-order chi connectivity index (χ0) is 17.4. The lowest BCUT2D eigenvalue weighted by molar-refractivity contribution is 0.0697. The molecule has 7 nitrogen and oxygen atoms in total. The highest BCUT2D eigenvalue weighted by Crippen LogP contribution is 2.33. The Hall–Kier alpha value is -1.35. The van der Waals surface area contributed by atoms with Crippen molar-refractivity contribution in [3.63, 3.8) is 0 Å². The Labute approximate surface area is 141 Å². The molecule has 1 fully saturated rings. The van der Waals surface area contributed by atoms with E-state index in [0.717, 1.165) is 23.5 Å². The molecule has 1 heterocycles. The standard InChI is InChI=1S/C14H20ClN3O4S/c1-16(2)23(21,22)13-8-10(14(19)20)11(15)9-12(13)18-6-4-17(3)5-7-18/h8-9H,4-7H2,1-3H3,(H,19,20). The fourth-order valence-corrected chi connectivity index (χ4v) is 3.76. The summed E-state index contributed by atoms with van der Waals surface area (Å²) in [5, 5.41) is 9.25. The van der Waals surface area contributed by atoms with Gasteiger partial charge in [-0.25, -0.2) is 17.5 Å². The van der Waals surface area contributed by atoms with Crippen LogP contribution in [0, 0.1) is 0 Å². The molecule has 0 aliphatic carbocycles. The maximum atomic E-state index is 12.6. The van der Waals surface area contributed by atoms with Crippen molar-refractivity contribution in [3.8, 4) is 0 Å². The Morgan fingerprint density at radius 2 is 1.78 bits per heavy atom. The van der Waals surface area contributed by atoms with Gasteiger partial charge in [0.05, 0.1) is 16.3 Å². The summed E-state index contributed by atoms with van der Waals surface area (Å²) >= 11 is 6.05. The summed E-state index contributed by atoms with van der Waals surface area (Å²) < 4.78 is 26.3. The van der Waals surface area contributed by atoms with E-state index in [4.69, 9.17) is 11.6 Å². The number of nitrogens with zero attached hydrogens (tertiary/aromatic N) is 3. The Morgan fingerprint density at radius 1 is 1.22 bits per heavy atom. The molecule has 0 amide bonds. The van der Waals surface area contributed by atoms with Gasteiger partial charge >= 0.3 is 5.97 Å². The smallest absolute Gasteiger partial charge is 0.337 e. The number of hydrogen-bond donors (Lipinski definition) is 1. The van der Waals surface area contributed by atoms with E-state index >= 15 is 0 Å². The predicted octanol–water partition coefficient (Wildman–Crippen LogP) is 1.04. The maximum absolute atomic E-state index is 12.6. The zero-order valence-corrected chi connectivity index (χ0v) is 14.9. The third kappa shape index (κ3) is 3.60. The molecule has 0 bridgehead atoms. The van der Waals surface area contributed by atoms with Crippen molar-refractivity contribution in [3.05, 3.63) is 22.7 Å². The Morgan fingerprint density at radius 3 is 2.26 bits per heavy atom. The van der Waals surface area contributed by atoms with Crippen LogP contribution in [0.3, 0.4) is 0 Å². The van der Waals surface area contributed by atoms with E-state index in [1.54, 1.807) is 0 Å². The van der Waals surface area contributed by atoms with Gasteiger partial charge in [-0.1, -0.05) is 11.6 Å². The summed E-state index contributed by atoms with van der Waals surface area (Å²) in [5.41, 5.74) is 0.228. The number of carboxylic acids is 1. The van der Waals surface area contributed by atoms with Crippen LogP contribution in [0.15, 0.2) is 17.0 Å². The average molecular weight is 362 g/mol. The molecule has 1 aliphatic heterocycles. The van der Waals surface area contributed by atoms with Crippen LogP contribution in [0.1, 0.15) is 10.4 Å². The summed E-state index contributed by atoms with van der Waals surface area (Å²) in [7, 11) is 1.04. The van der Waals surface area contributed by atoms with Crippen molar-refractivity contribution < 1.29 is 18.3 Å². The molecule has 0 aromatic heterocycles. The second-order valence-electron chi connectivity index (χ2n) is 5.68. The second kappa shape index (κ2) is 6.64. The van der Waals surface area contributed by atoms with E-state index < -0.39 is 16.0 Å². The van der Waals surface area contributed by atoms with Crippen molar-refractivity contribution in [2.75, 3.05) is 52.2 Å². The topological polar surface area (TPSA) is 81.2 Å². The molecular weight excluding hydrogens is 342 g/mol. The van der Waals surface area contributed by atoms with E-state index in [0.29, 0.717) is 18.8 Å². The summed E-state index contributed by atoms with van der Waals surface area (Å²) in [6.07, 6.45) is 0. The molecule has 0 spiro atoms. The third-order valence-corrected chi connectivity index (χ3v) is 6.04. The Bertz CT molecular complexity index is 713. The predicted molar refractivity (Wildman–Crippen MR) is 89.0 cm³/mol. The molecule has 0 atom stereocenters. The van der Waals surface area contributed by atoms with Crippen molar-refractivity contribution in [1.82, 2.24) is 9.21 Å². The van der Waals surface area contributed by atoms with Gasteiger partial charge in [-0.2, -0.15) is 0 Å². The van der Waals surface area contributed by atoms with Crippen LogP contribution < -0.4 is 4.90 Å². The van der Waals surface area contributed by atoms with E-state index in [-0.39, 0.29) is 15.5 Å². The van der Waals surface area contributed by atoms with Gasteiger partial charge in [0.2, 0.25) is 10.0 Å². The number of rotatable bonds is 4. The van der Waals surface area contributed by atoms with Crippen LogP contribution in [-0.4, -0.2) is 76.0 Å². The molecule has 1 aromatic carbocycles. The highest BCUT2D eigenvalue weighted by molar-refractivity contribution is 7.89. The van der Waals surface area contributed by atoms with Crippen molar-refractivity contribution in [1.29, 1.82) is 0 Å². The Balaban J connectivity index is 2.60. The first-order chi connectivity index (χ1) is 10.6. The largest absolute Gasteiger partial charge is 0.478 e. The van der Waals surface area contributed by atoms with Crippen LogP contribution in [0.2, 0.25) is 5.02 Å². The van der Waals surface area contributed by atoms with Crippen LogP contribution in [0.5, 0.6) is 0 Å². The van der Waals surface area contributed by atoms with Gasteiger partial charge in [-0.3, -0.25) is 0 Å². The van der Waals surface area contributed by atoms with E-state index in [9.17, 15) is 18.3 Å². The lowest BCUT2D eigenvalue weighted by Crippen LogP contribution is -2.45. The van der Waals surface area contributed by atoms with Crippen molar-refractivity contribution in [2.45, 2.75) is 4.90 Å². The quantitative estimate of drug-likeness (QED) is 0.863. The molecule has 9 heteroatoms. The van der Waals surface area contributed by atoms with Gasteiger partial charge in [-0.05, 0) is 19.2 Å². The molecule has 23 heavy (non-hydrogen) atoms. The summed E-state index contributed by atoms with van der Waals surface area (Å²) in [6.45, 7) is 2.88. The molecule has 128 valence electrons. The number of sulfonamides is 1. The van der Waals surface area contributed by atoms with Crippen molar-refractivity contribution >= 4 is 33.3 Å². The zero-order valence-electron chi connectivity index (χ0n) is 13.3. The van der Waals surface area contributed by atoms with Crippen LogP contribution in [0.4, 0.5) is 5.69 Å². The highest BCUT2D eigenvalue weighted by Gasteiger charge is 2.28. The van der Waals surface area contributed by atoms with Gasteiger partial charge < -0.3 is 14.9 Å². The fourth-order valence-electron chi connectivity index (χ4n) is 2.40. The molecule has 0 saturated carbocycles. The lowest BCUT2D eigenvalue weighted by Gasteiger charge is -2.35. The van der Waals surface area contributed by atoms with Gasteiger partial charge in [-0.15, -0.1) is 0 Å². The van der Waals surface area contributed by atoms with Gasteiger partial charge in [0.25, 0.3) is 0 Å². The lowest BCUT2D eigenvalue weighted by atomic mass is 10.1. The summed E-state index contributed by atoms with van der Waals surface area (Å²) in [5.74, 6) is -1.25.